The van der Waals surface area contributed by atoms with Crippen LogP contribution < -0.4 is 5.32 Å². The Hall–Kier alpha value is -3.32. The molecule has 0 spiro atoms. The molecule has 1 amide bonds. The molecule has 0 saturated carbocycles. The Bertz CT molecular complexity index is 1060. The Morgan fingerprint density at radius 1 is 1.22 bits per heavy atom. The summed E-state index contributed by atoms with van der Waals surface area (Å²) in [5.74, 6) is -0.330. The van der Waals surface area contributed by atoms with Crippen molar-refractivity contribution in [2.45, 2.75) is 26.8 Å². The lowest BCUT2D eigenvalue weighted by molar-refractivity contribution is 0.0752. The van der Waals surface area contributed by atoms with Crippen LogP contribution >= 0.6 is 0 Å². The topological polar surface area (TPSA) is 67.4 Å². The van der Waals surface area contributed by atoms with Crippen LogP contribution in [-0.4, -0.2) is 47.6 Å². The highest BCUT2D eigenvalue weighted by Gasteiger charge is 2.23. The number of hydrogen-bond acceptors (Lipinski definition) is 5. The van der Waals surface area contributed by atoms with E-state index in [1.807, 2.05) is 32.0 Å². The maximum Gasteiger partial charge on any atom is 0.257 e. The van der Waals surface area contributed by atoms with E-state index in [9.17, 15) is 9.18 Å². The average Bonchev–Trinajstić information content (AvgIpc) is 2.80. The molecule has 1 aromatic heterocycles. The first-order valence-corrected chi connectivity index (χ1v) is 10.7. The van der Waals surface area contributed by atoms with E-state index < -0.39 is 5.82 Å². The first-order chi connectivity index (χ1) is 15.5. The monoisotopic (exact) mass is 438 g/mol. The van der Waals surface area contributed by atoms with E-state index in [0.29, 0.717) is 32.2 Å². The van der Waals surface area contributed by atoms with Gasteiger partial charge in [0.1, 0.15) is 5.82 Å². The minimum atomic E-state index is -0.438. The van der Waals surface area contributed by atoms with Gasteiger partial charge < -0.3 is 15.0 Å². The number of benzene rings is 2. The lowest BCUT2D eigenvalue weighted by Gasteiger charge is -2.22. The van der Waals surface area contributed by atoms with Gasteiger partial charge in [-0.3, -0.25) is 4.79 Å². The van der Waals surface area contributed by atoms with Crippen molar-refractivity contribution in [2.75, 3.05) is 32.1 Å². The predicted molar refractivity (Wildman–Crippen MR) is 126 cm³/mol. The maximum atomic E-state index is 14.7. The Morgan fingerprint density at radius 2 is 2.03 bits per heavy atom. The summed E-state index contributed by atoms with van der Waals surface area (Å²) in [6, 6.07) is 14.4. The summed E-state index contributed by atoms with van der Waals surface area (Å²) in [5, 5.41) is 3.11. The molecule has 0 aliphatic heterocycles. The standard InChI is InChI=1S/C25H29FN4O2.H2/c1-4-30(17-19-10-7-9-18(2)15-19)24(31)21-16-28-25(27-13-8-14-32-3)29-23(21)20-11-5-6-12-22(20)26;/h5-7,9-12,15-16H,4,8,13-14,17H2,1-3H3,(H,27,28,29);1H. The van der Waals surface area contributed by atoms with Crippen LogP contribution in [0.25, 0.3) is 11.3 Å². The van der Waals surface area contributed by atoms with Gasteiger partial charge in [-0.1, -0.05) is 42.0 Å². The second-order valence-electron chi connectivity index (χ2n) is 7.52. The molecular formula is C25H31FN4O2. The highest BCUT2D eigenvalue weighted by molar-refractivity contribution is 5.99. The van der Waals surface area contributed by atoms with Gasteiger partial charge in [0.15, 0.2) is 0 Å². The number of carbonyl (C=O) groups is 1. The Balaban J connectivity index is 0.00000385. The molecule has 0 atom stereocenters. The zero-order chi connectivity index (χ0) is 22.9. The number of anilines is 1. The van der Waals surface area contributed by atoms with E-state index in [1.54, 1.807) is 30.2 Å². The van der Waals surface area contributed by atoms with Crippen molar-refractivity contribution in [3.05, 3.63) is 77.2 Å². The molecule has 32 heavy (non-hydrogen) atoms. The quantitative estimate of drug-likeness (QED) is 0.454. The molecule has 0 aliphatic carbocycles. The van der Waals surface area contributed by atoms with E-state index in [1.165, 1.54) is 12.3 Å². The van der Waals surface area contributed by atoms with Gasteiger partial charge in [-0.2, -0.15) is 0 Å². The number of rotatable bonds is 10. The third-order valence-corrected chi connectivity index (χ3v) is 5.08. The van der Waals surface area contributed by atoms with Gasteiger partial charge in [-0.15, -0.1) is 0 Å². The number of hydrogen-bond donors (Lipinski definition) is 1. The van der Waals surface area contributed by atoms with Crippen molar-refractivity contribution in [2.24, 2.45) is 0 Å². The molecule has 170 valence electrons. The molecule has 0 saturated heterocycles. The molecule has 0 radical (unpaired) electrons. The number of amides is 1. The summed E-state index contributed by atoms with van der Waals surface area (Å²) in [6.07, 6.45) is 2.25. The molecule has 0 bridgehead atoms. The fourth-order valence-corrected chi connectivity index (χ4v) is 3.43. The first-order valence-electron chi connectivity index (χ1n) is 10.7. The van der Waals surface area contributed by atoms with Gasteiger partial charge in [0, 0.05) is 46.5 Å². The SMILES string of the molecule is CCN(Cc1cccc(C)c1)C(=O)c1cnc(NCCCOC)nc1-c1ccccc1F.[HH]. The van der Waals surface area contributed by atoms with Crippen LogP contribution in [-0.2, 0) is 11.3 Å². The minimum absolute atomic E-state index is 0. The van der Waals surface area contributed by atoms with Gasteiger partial charge in [-0.25, -0.2) is 14.4 Å². The van der Waals surface area contributed by atoms with Crippen LogP contribution in [0.1, 0.15) is 36.3 Å². The van der Waals surface area contributed by atoms with Gasteiger partial charge in [0.25, 0.3) is 5.91 Å². The minimum Gasteiger partial charge on any atom is -0.385 e. The van der Waals surface area contributed by atoms with Crippen LogP contribution in [0.5, 0.6) is 0 Å². The van der Waals surface area contributed by atoms with Gasteiger partial charge in [0.2, 0.25) is 5.95 Å². The Labute approximate surface area is 190 Å². The summed E-state index contributed by atoms with van der Waals surface area (Å²) in [7, 11) is 1.64. The van der Waals surface area contributed by atoms with Crippen LogP contribution in [0.3, 0.4) is 0 Å². The number of halogens is 1. The molecule has 1 heterocycles. The summed E-state index contributed by atoms with van der Waals surface area (Å²) in [6.45, 7) is 6.10. The van der Waals surface area contributed by atoms with Crippen LogP contribution in [0.2, 0.25) is 0 Å². The smallest absolute Gasteiger partial charge is 0.257 e. The molecule has 2 aromatic carbocycles. The van der Waals surface area contributed by atoms with Crippen molar-refractivity contribution in [1.82, 2.24) is 14.9 Å². The largest absolute Gasteiger partial charge is 0.385 e. The molecule has 3 rings (SSSR count). The molecule has 1 N–H and O–H groups in total. The molecular weight excluding hydrogens is 407 g/mol. The predicted octanol–water partition coefficient (Wildman–Crippen LogP) is 4.95. The Kier molecular flexibility index (Phi) is 8.27. The third-order valence-electron chi connectivity index (χ3n) is 5.08. The summed E-state index contributed by atoms with van der Waals surface area (Å²) in [5.41, 5.74) is 2.98. The first kappa shape index (κ1) is 23.3. The highest BCUT2D eigenvalue weighted by atomic mass is 19.1. The van der Waals surface area contributed by atoms with E-state index in [4.69, 9.17) is 4.74 Å². The second-order valence-corrected chi connectivity index (χ2v) is 7.52. The van der Waals surface area contributed by atoms with Crippen molar-refractivity contribution < 1.29 is 15.3 Å². The number of carbonyl (C=O) groups excluding carboxylic acids is 1. The lowest BCUT2D eigenvalue weighted by Crippen LogP contribution is -2.31. The zero-order valence-electron chi connectivity index (χ0n) is 18.8. The number of aryl methyl sites for hydroxylation is 1. The fraction of sp³-hybridized carbons (Fsp3) is 0.320. The summed E-state index contributed by atoms with van der Waals surface area (Å²) < 4.78 is 19.7. The lowest BCUT2D eigenvalue weighted by atomic mass is 10.0. The summed E-state index contributed by atoms with van der Waals surface area (Å²) >= 11 is 0. The fourth-order valence-electron chi connectivity index (χ4n) is 3.43. The molecule has 7 heteroatoms. The van der Waals surface area contributed by atoms with Crippen LogP contribution in [0.4, 0.5) is 10.3 Å². The third kappa shape index (κ3) is 5.88. The van der Waals surface area contributed by atoms with Crippen molar-refractivity contribution in [1.29, 1.82) is 0 Å². The van der Waals surface area contributed by atoms with E-state index in [-0.39, 0.29) is 24.2 Å². The molecule has 3 aromatic rings. The number of nitrogens with zero attached hydrogens (tertiary/aromatic N) is 3. The van der Waals surface area contributed by atoms with Crippen molar-refractivity contribution in [3.63, 3.8) is 0 Å². The number of ether oxygens (including phenoxy) is 1. The maximum absolute atomic E-state index is 14.7. The molecule has 6 nitrogen and oxygen atoms in total. The second kappa shape index (κ2) is 11.3. The van der Waals surface area contributed by atoms with Crippen LogP contribution in [0, 0.1) is 12.7 Å². The van der Waals surface area contributed by atoms with Crippen molar-refractivity contribution >= 4 is 11.9 Å². The summed E-state index contributed by atoms with van der Waals surface area (Å²) in [4.78, 5) is 24.0. The van der Waals surface area contributed by atoms with Gasteiger partial charge >= 0.3 is 0 Å². The normalized spacial score (nSPS) is 10.8. The number of methoxy groups -OCH3 is 1. The number of nitrogens with one attached hydrogen (secondary N) is 1. The van der Waals surface area contributed by atoms with E-state index in [0.717, 1.165) is 17.5 Å². The Morgan fingerprint density at radius 3 is 2.75 bits per heavy atom. The van der Waals surface area contributed by atoms with E-state index in [2.05, 4.69) is 21.4 Å². The highest BCUT2D eigenvalue weighted by Crippen LogP contribution is 2.26. The molecule has 0 fully saturated rings. The average molecular weight is 439 g/mol. The molecule has 0 unspecified atom stereocenters. The zero-order valence-corrected chi connectivity index (χ0v) is 18.8. The van der Waals surface area contributed by atoms with Gasteiger partial charge in [-0.05, 0) is 38.0 Å². The molecule has 0 aliphatic rings. The van der Waals surface area contributed by atoms with Crippen LogP contribution in [0.15, 0.2) is 54.7 Å². The van der Waals surface area contributed by atoms with Gasteiger partial charge in [0.05, 0.1) is 11.3 Å². The van der Waals surface area contributed by atoms with Crippen molar-refractivity contribution in [3.8, 4) is 11.3 Å². The van der Waals surface area contributed by atoms with E-state index >= 15 is 0 Å². The number of aromatic nitrogens is 2.